The van der Waals surface area contributed by atoms with E-state index < -0.39 is 0 Å². The third kappa shape index (κ3) is 5.05. The Morgan fingerprint density at radius 2 is 1.62 bits per heavy atom. The molecule has 4 heteroatoms. The predicted octanol–water partition coefficient (Wildman–Crippen LogP) is 4.59. The Labute approximate surface area is 92.7 Å². The van der Waals surface area contributed by atoms with Crippen molar-refractivity contribution in [3.8, 4) is 5.40 Å². The highest BCUT2D eigenvalue weighted by molar-refractivity contribution is 8.03. The summed E-state index contributed by atoms with van der Waals surface area (Å²) in [5.41, 5.74) is 0. The maximum Gasteiger partial charge on any atom is 0.138 e. The Hall–Kier alpha value is -0.360. The van der Waals surface area contributed by atoms with Gasteiger partial charge in [-0.05, 0) is 30.0 Å². The van der Waals surface area contributed by atoms with Gasteiger partial charge in [-0.1, -0.05) is 37.0 Å². The zero-order valence-corrected chi connectivity index (χ0v) is 9.67. The van der Waals surface area contributed by atoms with Crippen LogP contribution in [-0.2, 0) is 0 Å². The van der Waals surface area contributed by atoms with E-state index in [-0.39, 0.29) is 0 Å². The number of benzene rings is 1. The lowest BCUT2D eigenvalue weighted by Gasteiger charge is -1.95. The third-order valence-corrected chi connectivity index (χ3v) is 2.00. The minimum Gasteiger partial charge on any atom is -0.185 e. The van der Waals surface area contributed by atoms with Gasteiger partial charge in [0.15, 0.2) is 0 Å². The third-order valence-electron chi connectivity index (χ3n) is 1.000. The number of hydrogen-bond donors (Lipinski definition) is 0. The molecule has 13 heavy (non-hydrogen) atoms. The zero-order chi connectivity index (χ0) is 10.3. The first-order valence-electron chi connectivity index (χ1n) is 3.74. The number of thioether (sulfide) groups is 1. The number of halogens is 2. The molecule has 0 atom stereocenters. The van der Waals surface area contributed by atoms with E-state index in [1.54, 1.807) is 18.2 Å². The SMILES string of the molecule is CC.N#CSc1cc(Cl)cc(Cl)c1. The lowest BCUT2D eigenvalue weighted by molar-refractivity contribution is 1.47. The molecule has 0 aromatic heterocycles. The number of nitrogens with zero attached hydrogens (tertiary/aromatic N) is 1. The zero-order valence-electron chi connectivity index (χ0n) is 7.34. The molecule has 0 spiro atoms. The minimum atomic E-state index is 0.551. The van der Waals surface area contributed by atoms with Gasteiger partial charge in [0.25, 0.3) is 0 Å². The van der Waals surface area contributed by atoms with Gasteiger partial charge in [0, 0.05) is 14.9 Å². The van der Waals surface area contributed by atoms with Crippen molar-refractivity contribution in [2.75, 3.05) is 0 Å². The van der Waals surface area contributed by atoms with E-state index in [0.29, 0.717) is 10.0 Å². The molecule has 1 nitrogen and oxygen atoms in total. The molecule has 0 radical (unpaired) electrons. The van der Waals surface area contributed by atoms with E-state index in [1.165, 1.54) is 0 Å². The Balaban J connectivity index is 0.000000671. The Bertz CT molecular complexity index is 287. The molecule has 0 aliphatic carbocycles. The van der Waals surface area contributed by atoms with Crippen LogP contribution in [0.2, 0.25) is 10.0 Å². The molecule has 0 aliphatic heterocycles. The summed E-state index contributed by atoms with van der Waals surface area (Å²) in [5.74, 6) is 0. The monoisotopic (exact) mass is 233 g/mol. The fourth-order valence-corrected chi connectivity index (χ4v) is 1.77. The first-order chi connectivity index (χ1) is 6.22. The van der Waals surface area contributed by atoms with Crippen LogP contribution >= 0.6 is 35.0 Å². The molecule has 0 saturated heterocycles. The molecule has 0 N–H and O–H groups in total. The lowest BCUT2D eigenvalue weighted by atomic mass is 10.4. The molecule has 0 amide bonds. The minimum absolute atomic E-state index is 0.551. The largest absolute Gasteiger partial charge is 0.185 e. The highest BCUT2D eigenvalue weighted by atomic mass is 35.5. The van der Waals surface area contributed by atoms with E-state index in [0.717, 1.165) is 16.7 Å². The van der Waals surface area contributed by atoms with Gasteiger partial charge in [-0.3, -0.25) is 0 Å². The summed E-state index contributed by atoms with van der Waals surface area (Å²) >= 11 is 12.4. The van der Waals surface area contributed by atoms with Crippen molar-refractivity contribution in [1.29, 1.82) is 5.26 Å². The standard InChI is InChI=1S/C7H3Cl2NS.C2H6/c8-5-1-6(9)3-7(2-5)11-4-10;1-2/h1-3H;1-2H3. The maximum atomic E-state index is 8.33. The lowest BCUT2D eigenvalue weighted by Crippen LogP contribution is -1.70. The van der Waals surface area contributed by atoms with Crippen molar-refractivity contribution in [3.05, 3.63) is 28.2 Å². The molecule has 0 heterocycles. The first-order valence-corrected chi connectivity index (χ1v) is 5.31. The highest BCUT2D eigenvalue weighted by Gasteiger charge is 1.97. The van der Waals surface area contributed by atoms with Gasteiger partial charge in [-0.2, -0.15) is 5.26 Å². The number of thiocyanates is 1. The van der Waals surface area contributed by atoms with Crippen LogP contribution in [0.3, 0.4) is 0 Å². The fourth-order valence-electron chi connectivity index (χ4n) is 0.640. The molecule has 1 aromatic rings. The molecule has 1 rings (SSSR count). The number of rotatable bonds is 1. The van der Waals surface area contributed by atoms with Crippen molar-refractivity contribution in [2.24, 2.45) is 0 Å². The molecular formula is C9H9Cl2NS. The fraction of sp³-hybridized carbons (Fsp3) is 0.222. The van der Waals surface area contributed by atoms with Crippen molar-refractivity contribution in [3.63, 3.8) is 0 Å². The second-order valence-electron chi connectivity index (χ2n) is 1.80. The van der Waals surface area contributed by atoms with Crippen LogP contribution < -0.4 is 0 Å². The van der Waals surface area contributed by atoms with E-state index in [9.17, 15) is 0 Å². The van der Waals surface area contributed by atoms with Crippen LogP contribution in [-0.4, -0.2) is 0 Å². The molecule has 0 aliphatic rings. The van der Waals surface area contributed by atoms with E-state index >= 15 is 0 Å². The predicted molar refractivity (Wildman–Crippen MR) is 59.3 cm³/mol. The molecule has 0 fully saturated rings. The molecule has 0 bridgehead atoms. The van der Waals surface area contributed by atoms with Gasteiger partial charge < -0.3 is 0 Å². The second kappa shape index (κ2) is 7.08. The first kappa shape index (κ1) is 12.6. The molecule has 0 saturated carbocycles. The van der Waals surface area contributed by atoms with Crippen molar-refractivity contribution in [1.82, 2.24) is 0 Å². The van der Waals surface area contributed by atoms with Gasteiger partial charge >= 0.3 is 0 Å². The van der Waals surface area contributed by atoms with Gasteiger partial charge in [-0.15, -0.1) is 0 Å². The summed E-state index contributed by atoms with van der Waals surface area (Å²) in [6, 6.07) is 5.02. The number of nitriles is 1. The summed E-state index contributed by atoms with van der Waals surface area (Å²) < 4.78 is 0. The Morgan fingerprint density at radius 3 is 2.00 bits per heavy atom. The van der Waals surface area contributed by atoms with Crippen LogP contribution in [0.1, 0.15) is 13.8 Å². The Morgan fingerprint density at radius 1 is 1.15 bits per heavy atom. The van der Waals surface area contributed by atoms with Crippen molar-refractivity contribution < 1.29 is 0 Å². The number of hydrogen-bond acceptors (Lipinski definition) is 2. The average molecular weight is 234 g/mol. The summed E-state index contributed by atoms with van der Waals surface area (Å²) in [6.07, 6.45) is 0. The molecule has 1 aromatic carbocycles. The second-order valence-corrected chi connectivity index (χ2v) is 3.53. The van der Waals surface area contributed by atoms with Crippen LogP contribution in [0.15, 0.2) is 23.1 Å². The smallest absolute Gasteiger partial charge is 0.138 e. The maximum absolute atomic E-state index is 8.33. The van der Waals surface area contributed by atoms with Crippen LogP contribution in [0, 0.1) is 10.7 Å². The summed E-state index contributed by atoms with van der Waals surface area (Å²) in [5, 5.41) is 11.4. The normalized spacial score (nSPS) is 8.23. The van der Waals surface area contributed by atoms with E-state index in [2.05, 4.69) is 0 Å². The van der Waals surface area contributed by atoms with Gasteiger partial charge in [-0.25, -0.2) is 0 Å². The van der Waals surface area contributed by atoms with Crippen LogP contribution in [0.25, 0.3) is 0 Å². The van der Waals surface area contributed by atoms with Gasteiger partial charge in [0.1, 0.15) is 5.40 Å². The highest BCUT2D eigenvalue weighted by Crippen LogP contribution is 2.25. The topological polar surface area (TPSA) is 23.8 Å². The van der Waals surface area contributed by atoms with E-state index in [1.807, 2.05) is 19.2 Å². The van der Waals surface area contributed by atoms with Crippen molar-refractivity contribution in [2.45, 2.75) is 18.7 Å². The molecule has 70 valence electrons. The van der Waals surface area contributed by atoms with Gasteiger partial charge in [0.2, 0.25) is 0 Å². The van der Waals surface area contributed by atoms with E-state index in [4.69, 9.17) is 28.5 Å². The molecular weight excluding hydrogens is 225 g/mol. The van der Waals surface area contributed by atoms with Crippen LogP contribution in [0.5, 0.6) is 0 Å². The van der Waals surface area contributed by atoms with Crippen molar-refractivity contribution >= 4 is 35.0 Å². The quantitative estimate of drug-likeness (QED) is 0.524. The average Bonchev–Trinajstić information content (AvgIpc) is 2.06. The summed E-state index contributed by atoms with van der Waals surface area (Å²) in [7, 11) is 0. The van der Waals surface area contributed by atoms with Gasteiger partial charge in [0.05, 0.1) is 0 Å². The summed E-state index contributed by atoms with van der Waals surface area (Å²) in [4.78, 5) is 0.769. The molecule has 0 unspecified atom stereocenters. The van der Waals surface area contributed by atoms with Crippen LogP contribution in [0.4, 0.5) is 0 Å². The summed E-state index contributed by atoms with van der Waals surface area (Å²) in [6.45, 7) is 4.00. The Kier molecular flexibility index (Phi) is 6.89.